The number of hydrogen-bond acceptors (Lipinski definition) is 3. The van der Waals surface area contributed by atoms with Gasteiger partial charge in [0.05, 0.1) is 12.7 Å². The summed E-state index contributed by atoms with van der Waals surface area (Å²) < 4.78 is 5.19. The number of hydrogen-bond donors (Lipinski definition) is 0. The van der Waals surface area contributed by atoms with Gasteiger partial charge in [0, 0.05) is 5.92 Å². The molecule has 0 atom stereocenters. The van der Waals surface area contributed by atoms with Crippen LogP contribution in [0.15, 0.2) is 42.0 Å². The first-order chi connectivity index (χ1) is 10.0. The van der Waals surface area contributed by atoms with E-state index in [0.29, 0.717) is 0 Å². The van der Waals surface area contributed by atoms with Gasteiger partial charge in [0.15, 0.2) is 5.78 Å². The molecule has 0 amide bonds. The average molecular weight is 279 g/mol. The first kappa shape index (κ1) is 14.8. The predicted molar refractivity (Wildman–Crippen MR) is 83.9 cm³/mol. The molecule has 0 aromatic heterocycles. The van der Waals surface area contributed by atoms with Crippen molar-refractivity contribution in [3.63, 3.8) is 0 Å². The topological polar surface area (TPSA) is 50.1 Å². The standard InChI is InChI=1S/C18H17NO2/c1-12(2)18(20)16(11-19)9-13-4-5-15-10-17(21-3)7-6-14(15)8-13/h4-10,12H,1-3H3/b16-9-. The zero-order valence-corrected chi connectivity index (χ0v) is 12.4. The normalized spacial score (nSPS) is 11.5. The molecule has 0 fully saturated rings. The van der Waals surface area contributed by atoms with Gasteiger partial charge in [-0.2, -0.15) is 5.26 Å². The minimum atomic E-state index is -0.180. The van der Waals surface area contributed by atoms with Crippen LogP contribution in [-0.4, -0.2) is 12.9 Å². The largest absolute Gasteiger partial charge is 0.497 e. The van der Waals surface area contributed by atoms with E-state index in [9.17, 15) is 4.79 Å². The fourth-order valence-corrected chi connectivity index (χ4v) is 2.10. The number of nitrogens with zero attached hydrogens (tertiary/aromatic N) is 1. The first-order valence-electron chi connectivity index (χ1n) is 6.79. The van der Waals surface area contributed by atoms with Crippen molar-refractivity contribution in [1.29, 1.82) is 5.26 Å². The minimum Gasteiger partial charge on any atom is -0.497 e. The van der Waals surface area contributed by atoms with Crippen LogP contribution in [0.1, 0.15) is 19.4 Å². The van der Waals surface area contributed by atoms with E-state index in [4.69, 9.17) is 10.00 Å². The van der Waals surface area contributed by atoms with Crippen LogP contribution in [-0.2, 0) is 4.79 Å². The molecule has 0 heterocycles. The molecule has 0 spiro atoms. The summed E-state index contributed by atoms with van der Waals surface area (Å²) in [7, 11) is 1.63. The molecule has 0 radical (unpaired) electrons. The molecule has 21 heavy (non-hydrogen) atoms. The van der Waals surface area contributed by atoms with E-state index in [1.54, 1.807) is 27.0 Å². The lowest BCUT2D eigenvalue weighted by molar-refractivity contribution is -0.117. The Morgan fingerprint density at radius 1 is 1.19 bits per heavy atom. The Morgan fingerprint density at radius 2 is 1.86 bits per heavy atom. The summed E-state index contributed by atoms with van der Waals surface area (Å²) in [4.78, 5) is 11.9. The predicted octanol–water partition coefficient (Wildman–Crippen LogP) is 3.98. The molecule has 0 saturated carbocycles. The van der Waals surface area contributed by atoms with Crippen molar-refractivity contribution in [1.82, 2.24) is 0 Å². The van der Waals surface area contributed by atoms with Crippen LogP contribution in [0.3, 0.4) is 0 Å². The number of rotatable bonds is 4. The maximum atomic E-state index is 11.9. The first-order valence-corrected chi connectivity index (χ1v) is 6.79. The van der Waals surface area contributed by atoms with Crippen LogP contribution in [0.4, 0.5) is 0 Å². The number of benzene rings is 2. The highest BCUT2D eigenvalue weighted by Gasteiger charge is 2.13. The van der Waals surface area contributed by atoms with Gasteiger partial charge in [0.2, 0.25) is 0 Å². The summed E-state index contributed by atoms with van der Waals surface area (Å²) in [5.74, 6) is 0.492. The molecular formula is C18H17NO2. The van der Waals surface area contributed by atoms with Gasteiger partial charge in [-0.05, 0) is 40.6 Å². The van der Waals surface area contributed by atoms with Gasteiger partial charge in [-0.3, -0.25) is 4.79 Å². The number of ketones is 1. The van der Waals surface area contributed by atoms with Crippen molar-refractivity contribution in [2.45, 2.75) is 13.8 Å². The van der Waals surface area contributed by atoms with Gasteiger partial charge < -0.3 is 4.74 Å². The van der Waals surface area contributed by atoms with Gasteiger partial charge >= 0.3 is 0 Å². The van der Waals surface area contributed by atoms with E-state index in [1.165, 1.54) is 0 Å². The number of fused-ring (bicyclic) bond motifs is 1. The highest BCUT2D eigenvalue weighted by atomic mass is 16.5. The highest BCUT2D eigenvalue weighted by Crippen LogP contribution is 2.23. The molecule has 0 aliphatic carbocycles. The smallest absolute Gasteiger partial charge is 0.175 e. The second-order valence-electron chi connectivity index (χ2n) is 5.16. The number of methoxy groups -OCH3 is 1. The Balaban J connectivity index is 2.43. The second kappa shape index (κ2) is 6.23. The molecule has 3 nitrogen and oxygen atoms in total. The van der Waals surface area contributed by atoms with Crippen molar-refractivity contribution in [2.75, 3.05) is 7.11 Å². The van der Waals surface area contributed by atoms with E-state index in [2.05, 4.69) is 0 Å². The van der Waals surface area contributed by atoms with Gasteiger partial charge in [-0.25, -0.2) is 0 Å². The van der Waals surface area contributed by atoms with Crippen LogP contribution >= 0.6 is 0 Å². The molecule has 0 aliphatic rings. The van der Waals surface area contributed by atoms with E-state index >= 15 is 0 Å². The Labute approximate surface area is 124 Å². The zero-order chi connectivity index (χ0) is 15.4. The third-order valence-electron chi connectivity index (χ3n) is 3.29. The maximum absolute atomic E-state index is 11.9. The zero-order valence-electron chi connectivity index (χ0n) is 12.4. The Hall–Kier alpha value is -2.60. The van der Waals surface area contributed by atoms with Crippen LogP contribution < -0.4 is 4.74 Å². The Bertz CT molecular complexity index is 751. The molecule has 0 bridgehead atoms. The lowest BCUT2D eigenvalue weighted by Crippen LogP contribution is -2.08. The van der Waals surface area contributed by atoms with Crippen LogP contribution in [0.5, 0.6) is 5.75 Å². The van der Waals surface area contributed by atoms with E-state index in [1.807, 2.05) is 42.5 Å². The molecule has 2 rings (SSSR count). The summed E-state index contributed by atoms with van der Waals surface area (Å²) in [6.07, 6.45) is 1.64. The van der Waals surface area contributed by atoms with Crippen LogP contribution in [0.25, 0.3) is 16.8 Å². The Morgan fingerprint density at radius 3 is 2.48 bits per heavy atom. The molecule has 2 aromatic rings. The molecular weight excluding hydrogens is 262 g/mol. The molecule has 2 aromatic carbocycles. The van der Waals surface area contributed by atoms with E-state index in [-0.39, 0.29) is 17.3 Å². The lowest BCUT2D eigenvalue weighted by atomic mass is 9.99. The molecule has 0 unspecified atom stereocenters. The molecule has 0 N–H and O–H groups in total. The second-order valence-corrected chi connectivity index (χ2v) is 5.16. The fraction of sp³-hybridized carbons (Fsp3) is 0.222. The number of carbonyl (C=O) groups excluding carboxylic acids is 1. The van der Waals surface area contributed by atoms with Crippen molar-refractivity contribution >= 4 is 22.6 Å². The minimum absolute atomic E-state index is 0.132. The number of nitriles is 1. The lowest BCUT2D eigenvalue weighted by Gasteiger charge is -2.05. The quantitative estimate of drug-likeness (QED) is 0.628. The molecule has 106 valence electrons. The SMILES string of the molecule is COc1ccc2cc(/C=C(/C#N)C(=O)C(C)C)ccc2c1. The molecule has 0 saturated heterocycles. The van der Waals surface area contributed by atoms with Crippen molar-refractivity contribution in [2.24, 2.45) is 5.92 Å². The third-order valence-corrected chi connectivity index (χ3v) is 3.29. The third kappa shape index (κ3) is 3.29. The van der Waals surface area contributed by atoms with Crippen molar-refractivity contribution < 1.29 is 9.53 Å². The van der Waals surface area contributed by atoms with Gasteiger partial charge in [-0.1, -0.05) is 32.0 Å². The monoisotopic (exact) mass is 279 g/mol. The average Bonchev–Trinajstić information content (AvgIpc) is 2.51. The highest BCUT2D eigenvalue weighted by molar-refractivity contribution is 6.04. The van der Waals surface area contributed by atoms with Crippen LogP contribution in [0.2, 0.25) is 0 Å². The summed E-state index contributed by atoms with van der Waals surface area (Å²) in [6, 6.07) is 13.6. The maximum Gasteiger partial charge on any atom is 0.175 e. The summed E-state index contributed by atoms with van der Waals surface area (Å²) >= 11 is 0. The van der Waals surface area contributed by atoms with E-state index < -0.39 is 0 Å². The van der Waals surface area contributed by atoms with Gasteiger partial charge in [0.25, 0.3) is 0 Å². The molecule has 3 heteroatoms. The summed E-state index contributed by atoms with van der Waals surface area (Å²) in [5.41, 5.74) is 1.04. The van der Waals surface area contributed by atoms with E-state index in [0.717, 1.165) is 22.1 Å². The van der Waals surface area contributed by atoms with Crippen LogP contribution in [0, 0.1) is 17.2 Å². The number of ether oxygens (including phenoxy) is 1. The Kier molecular flexibility index (Phi) is 4.39. The number of carbonyl (C=O) groups is 1. The fourth-order valence-electron chi connectivity index (χ4n) is 2.10. The number of Topliss-reactive ketones (excluding diaryl/α,β-unsaturated/α-hetero) is 1. The van der Waals surface area contributed by atoms with Crippen molar-refractivity contribution in [3.05, 3.63) is 47.5 Å². The van der Waals surface area contributed by atoms with Gasteiger partial charge in [0.1, 0.15) is 11.8 Å². The summed E-state index contributed by atoms with van der Waals surface area (Å²) in [5, 5.41) is 11.2. The van der Waals surface area contributed by atoms with Crippen molar-refractivity contribution in [3.8, 4) is 11.8 Å². The summed E-state index contributed by atoms with van der Waals surface area (Å²) in [6.45, 7) is 3.58. The van der Waals surface area contributed by atoms with Gasteiger partial charge in [-0.15, -0.1) is 0 Å². The number of allylic oxidation sites excluding steroid dienone is 1. The molecule has 0 aliphatic heterocycles.